The maximum atomic E-state index is 12.3. The number of hydrogen-bond acceptors (Lipinski definition) is 3. The summed E-state index contributed by atoms with van der Waals surface area (Å²) in [5, 5.41) is 4.82. The Bertz CT molecular complexity index is 824. The summed E-state index contributed by atoms with van der Waals surface area (Å²) < 4.78 is 0. The van der Waals surface area contributed by atoms with Gasteiger partial charge in [0.05, 0.1) is 6.54 Å². The van der Waals surface area contributed by atoms with Gasteiger partial charge in [0, 0.05) is 23.3 Å². The average molecular weight is 349 g/mol. The van der Waals surface area contributed by atoms with Crippen molar-refractivity contribution < 1.29 is 9.59 Å². The minimum atomic E-state index is -0.0948. The summed E-state index contributed by atoms with van der Waals surface area (Å²) in [5.41, 5.74) is 2.84. The third kappa shape index (κ3) is 4.88. The van der Waals surface area contributed by atoms with Crippen molar-refractivity contribution in [1.29, 1.82) is 0 Å². The van der Waals surface area contributed by atoms with E-state index < -0.39 is 0 Å². The molecular weight excluding hydrogens is 330 g/mol. The molecule has 0 radical (unpaired) electrons. The van der Waals surface area contributed by atoms with Crippen LogP contribution in [0.15, 0.2) is 72.1 Å². The van der Waals surface area contributed by atoms with Crippen molar-refractivity contribution in [2.45, 2.75) is 19.4 Å². The molecular formula is C21H19NO2S. The molecule has 0 saturated heterocycles. The Balaban J connectivity index is 1.50. The van der Waals surface area contributed by atoms with E-state index >= 15 is 0 Å². The Morgan fingerprint density at radius 2 is 1.52 bits per heavy atom. The number of carbonyl (C=O) groups is 2. The zero-order chi connectivity index (χ0) is 17.5. The summed E-state index contributed by atoms with van der Waals surface area (Å²) in [5.74, 6) is -0.103. The molecule has 1 heterocycles. The Morgan fingerprint density at radius 3 is 2.20 bits per heavy atom. The first-order valence-electron chi connectivity index (χ1n) is 8.20. The molecule has 0 spiro atoms. The molecule has 25 heavy (non-hydrogen) atoms. The SMILES string of the molecule is O=C(CCC(=O)c1ccc(-c2ccccc2)cc1)NCc1cccs1. The number of amides is 1. The third-order valence-corrected chi connectivity index (χ3v) is 4.81. The molecule has 0 bridgehead atoms. The molecule has 0 unspecified atom stereocenters. The molecule has 3 rings (SSSR count). The fourth-order valence-corrected chi connectivity index (χ4v) is 3.18. The van der Waals surface area contributed by atoms with Crippen molar-refractivity contribution in [2.24, 2.45) is 0 Å². The number of hydrogen-bond donors (Lipinski definition) is 1. The molecule has 0 aliphatic carbocycles. The zero-order valence-corrected chi connectivity index (χ0v) is 14.6. The molecule has 0 saturated carbocycles. The van der Waals surface area contributed by atoms with E-state index in [4.69, 9.17) is 0 Å². The van der Waals surface area contributed by atoms with E-state index in [9.17, 15) is 9.59 Å². The van der Waals surface area contributed by atoms with Gasteiger partial charge in [-0.25, -0.2) is 0 Å². The fourth-order valence-electron chi connectivity index (χ4n) is 2.54. The van der Waals surface area contributed by atoms with Crippen molar-refractivity contribution in [3.05, 3.63) is 82.6 Å². The van der Waals surface area contributed by atoms with E-state index in [1.54, 1.807) is 11.3 Å². The first kappa shape index (κ1) is 17.1. The lowest BCUT2D eigenvalue weighted by Gasteiger charge is -2.05. The van der Waals surface area contributed by atoms with Crippen LogP contribution in [0.5, 0.6) is 0 Å². The minimum absolute atomic E-state index is 0.00844. The maximum Gasteiger partial charge on any atom is 0.220 e. The van der Waals surface area contributed by atoms with Crippen LogP contribution in [0.4, 0.5) is 0 Å². The van der Waals surface area contributed by atoms with E-state index in [0.29, 0.717) is 12.1 Å². The number of thiophene rings is 1. The van der Waals surface area contributed by atoms with Crippen LogP contribution in [0.25, 0.3) is 11.1 Å². The summed E-state index contributed by atoms with van der Waals surface area (Å²) >= 11 is 1.60. The predicted octanol–water partition coefficient (Wildman–Crippen LogP) is 4.69. The van der Waals surface area contributed by atoms with Crippen LogP contribution in [0, 0.1) is 0 Å². The molecule has 0 fully saturated rings. The van der Waals surface area contributed by atoms with Crippen molar-refractivity contribution in [3.63, 3.8) is 0 Å². The lowest BCUT2D eigenvalue weighted by Crippen LogP contribution is -2.22. The lowest BCUT2D eigenvalue weighted by atomic mass is 10.0. The van der Waals surface area contributed by atoms with E-state index in [1.807, 2.05) is 72.1 Å². The van der Waals surface area contributed by atoms with Crippen molar-refractivity contribution in [1.82, 2.24) is 5.32 Å². The molecule has 126 valence electrons. The molecule has 1 amide bonds. The van der Waals surface area contributed by atoms with E-state index in [0.717, 1.165) is 16.0 Å². The molecule has 0 atom stereocenters. The highest BCUT2D eigenvalue weighted by atomic mass is 32.1. The molecule has 0 aliphatic rings. The van der Waals surface area contributed by atoms with Gasteiger partial charge in [0.2, 0.25) is 5.91 Å². The third-order valence-electron chi connectivity index (χ3n) is 3.93. The number of ketones is 1. The number of rotatable bonds is 7. The topological polar surface area (TPSA) is 46.2 Å². The highest BCUT2D eigenvalue weighted by molar-refractivity contribution is 7.09. The van der Waals surface area contributed by atoms with Crippen LogP contribution in [0.1, 0.15) is 28.1 Å². The van der Waals surface area contributed by atoms with Gasteiger partial charge in [-0.15, -0.1) is 11.3 Å². The molecule has 1 aromatic heterocycles. The van der Waals surface area contributed by atoms with E-state index in [2.05, 4.69) is 5.32 Å². The van der Waals surface area contributed by atoms with Crippen LogP contribution in [-0.4, -0.2) is 11.7 Å². The summed E-state index contributed by atoms with van der Waals surface area (Å²) in [6.45, 7) is 0.524. The van der Waals surface area contributed by atoms with Crippen LogP contribution in [0.3, 0.4) is 0 Å². The standard InChI is InChI=1S/C21H19NO2S/c23-20(12-13-21(24)22-15-19-7-4-14-25-19)18-10-8-17(9-11-18)16-5-2-1-3-6-16/h1-11,14H,12-13,15H2,(H,22,24). The van der Waals surface area contributed by atoms with Crippen molar-refractivity contribution in [2.75, 3.05) is 0 Å². The second-order valence-corrected chi connectivity index (χ2v) is 6.75. The highest BCUT2D eigenvalue weighted by Crippen LogP contribution is 2.20. The fraction of sp³-hybridized carbons (Fsp3) is 0.143. The van der Waals surface area contributed by atoms with E-state index in [1.165, 1.54) is 0 Å². The maximum absolute atomic E-state index is 12.3. The molecule has 3 nitrogen and oxygen atoms in total. The van der Waals surface area contributed by atoms with Gasteiger partial charge in [-0.3, -0.25) is 9.59 Å². The summed E-state index contributed by atoms with van der Waals surface area (Å²) in [6.07, 6.45) is 0.436. The molecule has 2 aromatic carbocycles. The van der Waals surface area contributed by atoms with Gasteiger partial charge < -0.3 is 5.32 Å². The van der Waals surface area contributed by atoms with Gasteiger partial charge in [0.25, 0.3) is 0 Å². The predicted molar refractivity (Wildman–Crippen MR) is 102 cm³/mol. The van der Waals surface area contributed by atoms with Crippen molar-refractivity contribution >= 4 is 23.0 Å². The first-order valence-corrected chi connectivity index (χ1v) is 9.08. The van der Waals surface area contributed by atoms with Gasteiger partial charge in [-0.05, 0) is 22.6 Å². The number of Topliss-reactive ketones (excluding diaryl/α,β-unsaturated/α-hetero) is 1. The Labute approximate surface area is 151 Å². The highest BCUT2D eigenvalue weighted by Gasteiger charge is 2.10. The summed E-state index contributed by atoms with van der Waals surface area (Å²) in [7, 11) is 0. The summed E-state index contributed by atoms with van der Waals surface area (Å²) in [6, 6.07) is 21.5. The van der Waals surface area contributed by atoms with Crippen LogP contribution in [-0.2, 0) is 11.3 Å². The van der Waals surface area contributed by atoms with Gasteiger partial charge in [0.1, 0.15) is 0 Å². The zero-order valence-electron chi connectivity index (χ0n) is 13.8. The molecule has 3 aromatic rings. The smallest absolute Gasteiger partial charge is 0.220 e. The Hall–Kier alpha value is -2.72. The molecule has 0 aliphatic heterocycles. The van der Waals surface area contributed by atoms with Gasteiger partial charge in [0.15, 0.2) is 5.78 Å². The lowest BCUT2D eigenvalue weighted by molar-refractivity contribution is -0.121. The monoisotopic (exact) mass is 349 g/mol. The van der Waals surface area contributed by atoms with Crippen LogP contribution < -0.4 is 5.32 Å². The molecule has 4 heteroatoms. The Morgan fingerprint density at radius 1 is 0.800 bits per heavy atom. The second-order valence-electron chi connectivity index (χ2n) is 5.72. The second kappa shape index (κ2) is 8.40. The normalized spacial score (nSPS) is 10.4. The van der Waals surface area contributed by atoms with Gasteiger partial charge in [-0.1, -0.05) is 60.7 Å². The molecule has 1 N–H and O–H groups in total. The van der Waals surface area contributed by atoms with Gasteiger partial charge >= 0.3 is 0 Å². The van der Waals surface area contributed by atoms with Crippen molar-refractivity contribution in [3.8, 4) is 11.1 Å². The average Bonchev–Trinajstić information content (AvgIpc) is 3.19. The number of nitrogens with one attached hydrogen (secondary N) is 1. The first-order chi connectivity index (χ1) is 12.2. The Kier molecular flexibility index (Phi) is 5.75. The van der Waals surface area contributed by atoms with Crippen LogP contribution >= 0.6 is 11.3 Å². The minimum Gasteiger partial charge on any atom is -0.351 e. The van der Waals surface area contributed by atoms with Gasteiger partial charge in [-0.2, -0.15) is 0 Å². The quantitative estimate of drug-likeness (QED) is 0.629. The largest absolute Gasteiger partial charge is 0.351 e. The van der Waals surface area contributed by atoms with Crippen LogP contribution in [0.2, 0.25) is 0 Å². The number of benzene rings is 2. The van der Waals surface area contributed by atoms with E-state index in [-0.39, 0.29) is 24.5 Å². The number of carbonyl (C=O) groups excluding carboxylic acids is 2. The summed E-state index contributed by atoms with van der Waals surface area (Å²) in [4.78, 5) is 25.2.